The van der Waals surface area contributed by atoms with Crippen LogP contribution in [-0.4, -0.2) is 42.4 Å². The van der Waals surface area contributed by atoms with E-state index in [1.807, 2.05) is 13.8 Å². The Morgan fingerprint density at radius 3 is 2.59 bits per heavy atom. The van der Waals surface area contributed by atoms with Gasteiger partial charge in [-0.05, 0) is 12.3 Å². The Balaban J connectivity index is 2.31. The van der Waals surface area contributed by atoms with Crippen LogP contribution in [0.1, 0.15) is 33.1 Å². The molecule has 1 amide bonds. The van der Waals surface area contributed by atoms with Crippen molar-refractivity contribution in [2.75, 3.05) is 19.8 Å². The number of hydrogen-bond donors (Lipinski definition) is 3. The number of ether oxygens (including phenoxy) is 1. The van der Waals surface area contributed by atoms with Crippen LogP contribution in [0.15, 0.2) is 0 Å². The lowest BCUT2D eigenvalue weighted by Crippen LogP contribution is -2.50. The van der Waals surface area contributed by atoms with Gasteiger partial charge in [0.1, 0.15) is 0 Å². The molecule has 5 heteroatoms. The molecular formula is C12H24N2O3. The molecule has 4 N–H and O–H groups in total. The number of hydrogen-bond acceptors (Lipinski definition) is 4. The maximum atomic E-state index is 11.7. The molecule has 1 saturated heterocycles. The average Bonchev–Trinajstić information content (AvgIpc) is 2.26. The molecule has 17 heavy (non-hydrogen) atoms. The van der Waals surface area contributed by atoms with E-state index in [0.29, 0.717) is 38.4 Å². The van der Waals surface area contributed by atoms with E-state index >= 15 is 0 Å². The SMILES string of the molecule is CC(C)C[C@@H](N)C(=O)NCC1(O)CCOCC1. The van der Waals surface area contributed by atoms with E-state index in [4.69, 9.17) is 10.5 Å². The van der Waals surface area contributed by atoms with Crippen molar-refractivity contribution >= 4 is 5.91 Å². The lowest BCUT2D eigenvalue weighted by molar-refractivity contribution is -0.125. The van der Waals surface area contributed by atoms with E-state index in [-0.39, 0.29) is 12.5 Å². The van der Waals surface area contributed by atoms with E-state index in [0.717, 1.165) is 0 Å². The Bertz CT molecular complexity index is 250. The second-order valence-electron chi connectivity index (χ2n) is 5.29. The van der Waals surface area contributed by atoms with E-state index in [2.05, 4.69) is 5.32 Å². The highest BCUT2D eigenvalue weighted by Gasteiger charge is 2.30. The zero-order valence-electron chi connectivity index (χ0n) is 10.7. The second kappa shape index (κ2) is 6.33. The molecule has 1 atom stereocenters. The van der Waals surface area contributed by atoms with E-state index in [1.54, 1.807) is 0 Å². The highest BCUT2D eigenvalue weighted by molar-refractivity contribution is 5.81. The Morgan fingerprint density at radius 1 is 1.47 bits per heavy atom. The van der Waals surface area contributed by atoms with E-state index in [9.17, 15) is 9.90 Å². The Labute approximate surface area is 103 Å². The third-order valence-corrected chi connectivity index (χ3v) is 3.08. The molecule has 0 aromatic carbocycles. The molecule has 0 spiro atoms. The Morgan fingerprint density at radius 2 is 2.06 bits per heavy atom. The highest BCUT2D eigenvalue weighted by atomic mass is 16.5. The second-order valence-corrected chi connectivity index (χ2v) is 5.29. The summed E-state index contributed by atoms with van der Waals surface area (Å²) in [4.78, 5) is 11.7. The summed E-state index contributed by atoms with van der Waals surface area (Å²) in [6, 6.07) is -0.488. The Kier molecular flexibility index (Phi) is 5.36. The van der Waals surface area contributed by atoms with Gasteiger partial charge in [0.15, 0.2) is 0 Å². The molecule has 0 saturated carbocycles. The summed E-state index contributed by atoms with van der Waals surface area (Å²) in [5.74, 6) is 0.209. The van der Waals surface area contributed by atoms with Crippen molar-refractivity contribution in [2.24, 2.45) is 11.7 Å². The van der Waals surface area contributed by atoms with Crippen molar-refractivity contribution < 1.29 is 14.6 Å². The van der Waals surface area contributed by atoms with Gasteiger partial charge < -0.3 is 20.9 Å². The zero-order valence-corrected chi connectivity index (χ0v) is 10.7. The van der Waals surface area contributed by atoms with Gasteiger partial charge in [-0.1, -0.05) is 13.8 Å². The number of amides is 1. The molecule has 1 rings (SSSR count). The minimum absolute atomic E-state index is 0.182. The molecule has 0 bridgehead atoms. The number of carbonyl (C=O) groups excluding carboxylic acids is 1. The maximum absolute atomic E-state index is 11.7. The predicted octanol–water partition coefficient (Wildman–Crippen LogP) is 0.0175. The summed E-state index contributed by atoms with van der Waals surface area (Å²) < 4.78 is 5.17. The van der Waals surface area contributed by atoms with Crippen LogP contribution in [0.3, 0.4) is 0 Å². The van der Waals surface area contributed by atoms with Crippen molar-refractivity contribution in [2.45, 2.75) is 44.8 Å². The quantitative estimate of drug-likeness (QED) is 0.636. The molecule has 1 aliphatic heterocycles. The topological polar surface area (TPSA) is 84.6 Å². The number of rotatable bonds is 5. The van der Waals surface area contributed by atoms with Gasteiger partial charge in [0.25, 0.3) is 0 Å². The lowest BCUT2D eigenvalue weighted by atomic mass is 9.94. The number of carbonyl (C=O) groups is 1. The highest BCUT2D eigenvalue weighted by Crippen LogP contribution is 2.19. The minimum atomic E-state index is -0.828. The first-order chi connectivity index (χ1) is 7.93. The first-order valence-corrected chi connectivity index (χ1v) is 6.26. The third-order valence-electron chi connectivity index (χ3n) is 3.08. The standard InChI is InChI=1S/C12H24N2O3/c1-9(2)7-10(13)11(15)14-8-12(16)3-5-17-6-4-12/h9-10,16H,3-8,13H2,1-2H3,(H,14,15)/t10-/m1/s1. The van der Waals surface area contributed by atoms with Crippen LogP contribution in [0.25, 0.3) is 0 Å². The van der Waals surface area contributed by atoms with Gasteiger partial charge in [-0.3, -0.25) is 4.79 Å². The van der Waals surface area contributed by atoms with Crippen molar-refractivity contribution in [3.8, 4) is 0 Å². The first kappa shape index (κ1) is 14.4. The van der Waals surface area contributed by atoms with Crippen LogP contribution < -0.4 is 11.1 Å². The van der Waals surface area contributed by atoms with Crippen molar-refractivity contribution in [1.82, 2.24) is 5.32 Å². The number of nitrogens with two attached hydrogens (primary N) is 1. The molecule has 5 nitrogen and oxygen atoms in total. The van der Waals surface area contributed by atoms with Crippen molar-refractivity contribution in [3.63, 3.8) is 0 Å². The summed E-state index contributed by atoms with van der Waals surface area (Å²) in [6.45, 7) is 5.41. The van der Waals surface area contributed by atoms with Crippen molar-refractivity contribution in [3.05, 3.63) is 0 Å². The van der Waals surface area contributed by atoms with Crippen LogP contribution in [0.4, 0.5) is 0 Å². The predicted molar refractivity (Wildman–Crippen MR) is 65.4 cm³/mol. The fraction of sp³-hybridized carbons (Fsp3) is 0.917. The fourth-order valence-corrected chi connectivity index (χ4v) is 1.93. The molecule has 1 fully saturated rings. The normalized spacial score (nSPS) is 21.2. The van der Waals surface area contributed by atoms with Gasteiger partial charge in [-0.2, -0.15) is 0 Å². The van der Waals surface area contributed by atoms with Crippen LogP contribution >= 0.6 is 0 Å². The summed E-state index contributed by atoms with van der Waals surface area (Å²) in [5, 5.41) is 12.9. The molecule has 0 aliphatic carbocycles. The van der Waals surface area contributed by atoms with Gasteiger partial charge in [-0.15, -0.1) is 0 Å². The van der Waals surface area contributed by atoms with Crippen LogP contribution in [0.2, 0.25) is 0 Å². The first-order valence-electron chi connectivity index (χ1n) is 6.26. The molecule has 0 unspecified atom stereocenters. The number of nitrogens with one attached hydrogen (secondary N) is 1. The van der Waals surface area contributed by atoms with Crippen LogP contribution in [0.5, 0.6) is 0 Å². The van der Waals surface area contributed by atoms with Gasteiger partial charge in [0.2, 0.25) is 5.91 Å². The molecule has 0 aromatic heterocycles. The third kappa shape index (κ3) is 5.02. The molecule has 0 aromatic rings. The lowest BCUT2D eigenvalue weighted by Gasteiger charge is -2.32. The fourth-order valence-electron chi connectivity index (χ4n) is 1.93. The molecule has 1 heterocycles. The van der Waals surface area contributed by atoms with Crippen LogP contribution in [-0.2, 0) is 9.53 Å². The largest absolute Gasteiger partial charge is 0.388 e. The maximum Gasteiger partial charge on any atom is 0.237 e. The average molecular weight is 244 g/mol. The summed E-state index contributed by atoms with van der Waals surface area (Å²) in [6.07, 6.45) is 1.78. The van der Waals surface area contributed by atoms with Gasteiger partial charge in [0, 0.05) is 32.6 Å². The molecule has 0 radical (unpaired) electrons. The molecular weight excluding hydrogens is 220 g/mol. The summed E-state index contributed by atoms with van der Waals surface area (Å²) in [7, 11) is 0. The van der Waals surface area contributed by atoms with Crippen LogP contribution in [0, 0.1) is 5.92 Å². The van der Waals surface area contributed by atoms with Crippen molar-refractivity contribution in [1.29, 1.82) is 0 Å². The van der Waals surface area contributed by atoms with E-state index in [1.165, 1.54) is 0 Å². The van der Waals surface area contributed by atoms with E-state index < -0.39 is 11.6 Å². The minimum Gasteiger partial charge on any atom is -0.388 e. The van der Waals surface area contributed by atoms with Gasteiger partial charge >= 0.3 is 0 Å². The smallest absolute Gasteiger partial charge is 0.237 e. The summed E-state index contributed by atoms with van der Waals surface area (Å²) in [5.41, 5.74) is 4.93. The van der Waals surface area contributed by atoms with Gasteiger partial charge in [0.05, 0.1) is 11.6 Å². The monoisotopic (exact) mass is 244 g/mol. The van der Waals surface area contributed by atoms with Gasteiger partial charge in [-0.25, -0.2) is 0 Å². The Hall–Kier alpha value is -0.650. The number of aliphatic hydroxyl groups is 1. The molecule has 1 aliphatic rings. The zero-order chi connectivity index (χ0) is 12.9. The molecule has 100 valence electrons. The summed E-state index contributed by atoms with van der Waals surface area (Å²) >= 11 is 0.